The molecule has 1 nitrogen and oxygen atoms in total. The fraction of sp³-hybridized carbons (Fsp3) is 0.467. The fourth-order valence-electron chi connectivity index (χ4n) is 2.33. The van der Waals surface area contributed by atoms with Gasteiger partial charge in [0.05, 0.1) is 6.10 Å². The van der Waals surface area contributed by atoms with E-state index in [4.69, 9.17) is 11.6 Å². The summed E-state index contributed by atoms with van der Waals surface area (Å²) in [5, 5.41) is 10.6. The molecule has 0 saturated heterocycles. The lowest BCUT2D eigenvalue weighted by Gasteiger charge is -2.09. The van der Waals surface area contributed by atoms with E-state index in [1.165, 1.54) is 17.6 Å². The number of benzene rings is 1. The van der Waals surface area contributed by atoms with E-state index in [1.54, 1.807) is 0 Å². The summed E-state index contributed by atoms with van der Waals surface area (Å²) >= 11 is 6.24. The molecule has 0 bridgehead atoms. The molecule has 17 heavy (non-hydrogen) atoms. The van der Waals surface area contributed by atoms with E-state index in [2.05, 4.69) is 12.1 Å². The number of aliphatic hydroxyl groups excluding tert-OH is 1. The van der Waals surface area contributed by atoms with Gasteiger partial charge in [-0.1, -0.05) is 41.8 Å². The molecule has 1 unspecified atom stereocenters. The van der Waals surface area contributed by atoms with Crippen molar-refractivity contribution >= 4 is 11.6 Å². The standard InChI is InChI=1S/C15H19ClO/c1-11-6-7-13(15(16)8-11)9-12-4-2-3-5-14(17)10-12/h6-8,10,14,17H,2-5,9H2,1H3. The summed E-state index contributed by atoms with van der Waals surface area (Å²) in [4.78, 5) is 0. The predicted octanol–water partition coefficient (Wildman–Crippen LogP) is 4.05. The molecule has 0 heterocycles. The Morgan fingerprint density at radius 2 is 2.18 bits per heavy atom. The number of hydrogen-bond donors (Lipinski definition) is 1. The van der Waals surface area contributed by atoms with Gasteiger partial charge in [-0.25, -0.2) is 0 Å². The Hall–Kier alpha value is -0.790. The van der Waals surface area contributed by atoms with Crippen molar-refractivity contribution < 1.29 is 5.11 Å². The van der Waals surface area contributed by atoms with Crippen LogP contribution in [0.15, 0.2) is 29.8 Å². The highest BCUT2D eigenvalue weighted by Gasteiger charge is 2.11. The van der Waals surface area contributed by atoms with Gasteiger partial charge in [-0.2, -0.15) is 0 Å². The van der Waals surface area contributed by atoms with Gasteiger partial charge in [0.2, 0.25) is 0 Å². The second-order valence-corrected chi connectivity index (χ2v) is 5.32. The minimum absolute atomic E-state index is 0.267. The predicted molar refractivity (Wildman–Crippen MR) is 72.5 cm³/mol. The molecular formula is C15H19ClO. The molecule has 0 spiro atoms. The van der Waals surface area contributed by atoms with E-state index < -0.39 is 0 Å². The van der Waals surface area contributed by atoms with Crippen LogP contribution < -0.4 is 0 Å². The van der Waals surface area contributed by atoms with Crippen LogP contribution in [-0.4, -0.2) is 11.2 Å². The Labute approximate surface area is 108 Å². The van der Waals surface area contributed by atoms with Crippen LogP contribution in [0.25, 0.3) is 0 Å². The molecule has 1 aromatic rings. The Kier molecular flexibility index (Phi) is 4.25. The van der Waals surface area contributed by atoms with Gasteiger partial charge >= 0.3 is 0 Å². The zero-order valence-corrected chi connectivity index (χ0v) is 11.0. The average molecular weight is 251 g/mol. The van der Waals surface area contributed by atoms with E-state index >= 15 is 0 Å². The third kappa shape index (κ3) is 3.58. The lowest BCUT2D eigenvalue weighted by Crippen LogP contribution is -2.01. The quantitative estimate of drug-likeness (QED) is 0.785. The van der Waals surface area contributed by atoms with Crippen molar-refractivity contribution in [3.8, 4) is 0 Å². The van der Waals surface area contributed by atoms with E-state index in [0.29, 0.717) is 0 Å². The normalized spacial score (nSPS) is 20.9. The molecular weight excluding hydrogens is 232 g/mol. The van der Waals surface area contributed by atoms with Crippen molar-refractivity contribution in [2.24, 2.45) is 0 Å². The first-order valence-electron chi connectivity index (χ1n) is 6.28. The van der Waals surface area contributed by atoms with Crippen LogP contribution in [0.2, 0.25) is 5.02 Å². The van der Waals surface area contributed by atoms with Crippen LogP contribution in [0.3, 0.4) is 0 Å². The molecule has 92 valence electrons. The van der Waals surface area contributed by atoms with Crippen LogP contribution in [0, 0.1) is 6.92 Å². The van der Waals surface area contributed by atoms with E-state index in [9.17, 15) is 5.11 Å². The third-order valence-electron chi connectivity index (χ3n) is 3.30. The van der Waals surface area contributed by atoms with Gasteiger partial charge < -0.3 is 5.11 Å². The number of aliphatic hydroxyl groups is 1. The SMILES string of the molecule is Cc1ccc(CC2=CC(O)CCCC2)c(Cl)c1. The number of allylic oxidation sites excluding steroid dienone is 1. The van der Waals surface area contributed by atoms with Crippen molar-refractivity contribution in [3.63, 3.8) is 0 Å². The van der Waals surface area contributed by atoms with Gasteiger partial charge in [0.15, 0.2) is 0 Å². The second kappa shape index (κ2) is 5.70. The summed E-state index contributed by atoms with van der Waals surface area (Å²) in [6.07, 6.45) is 6.89. The second-order valence-electron chi connectivity index (χ2n) is 4.91. The van der Waals surface area contributed by atoms with E-state index in [1.807, 2.05) is 19.1 Å². The highest BCUT2D eigenvalue weighted by molar-refractivity contribution is 6.31. The third-order valence-corrected chi connectivity index (χ3v) is 3.65. The van der Waals surface area contributed by atoms with Crippen LogP contribution in [0.4, 0.5) is 0 Å². The summed E-state index contributed by atoms with van der Waals surface area (Å²) in [6, 6.07) is 6.19. The maximum absolute atomic E-state index is 9.74. The van der Waals surface area contributed by atoms with Crippen LogP contribution in [0.1, 0.15) is 36.8 Å². The van der Waals surface area contributed by atoms with Gasteiger partial charge in [0, 0.05) is 5.02 Å². The molecule has 0 amide bonds. The summed E-state index contributed by atoms with van der Waals surface area (Å²) in [7, 11) is 0. The molecule has 0 radical (unpaired) electrons. The molecule has 1 N–H and O–H groups in total. The zero-order chi connectivity index (χ0) is 12.3. The molecule has 1 aliphatic carbocycles. The van der Waals surface area contributed by atoms with Gasteiger partial charge in [-0.05, 0) is 49.8 Å². The smallest absolute Gasteiger partial charge is 0.0723 e. The zero-order valence-electron chi connectivity index (χ0n) is 10.2. The summed E-state index contributed by atoms with van der Waals surface area (Å²) in [5.74, 6) is 0. The molecule has 1 aromatic carbocycles. The molecule has 1 aliphatic rings. The summed E-state index contributed by atoms with van der Waals surface area (Å²) < 4.78 is 0. The van der Waals surface area contributed by atoms with Crippen LogP contribution >= 0.6 is 11.6 Å². The average Bonchev–Trinajstić information content (AvgIpc) is 2.47. The van der Waals surface area contributed by atoms with Gasteiger partial charge in [-0.15, -0.1) is 0 Å². The number of rotatable bonds is 2. The first kappa shape index (κ1) is 12.7. The lowest BCUT2D eigenvalue weighted by atomic mass is 10.00. The molecule has 0 fully saturated rings. The maximum Gasteiger partial charge on any atom is 0.0723 e. The first-order valence-corrected chi connectivity index (χ1v) is 6.65. The fourth-order valence-corrected chi connectivity index (χ4v) is 2.63. The van der Waals surface area contributed by atoms with Crippen molar-refractivity contribution in [1.29, 1.82) is 0 Å². The van der Waals surface area contributed by atoms with Gasteiger partial charge in [0.1, 0.15) is 0 Å². The minimum Gasteiger partial charge on any atom is -0.389 e. The first-order chi connectivity index (χ1) is 8.15. The van der Waals surface area contributed by atoms with Crippen LogP contribution in [-0.2, 0) is 6.42 Å². The number of halogens is 1. The van der Waals surface area contributed by atoms with Crippen molar-refractivity contribution in [2.75, 3.05) is 0 Å². The van der Waals surface area contributed by atoms with E-state index in [0.717, 1.165) is 36.3 Å². The van der Waals surface area contributed by atoms with Gasteiger partial charge in [-0.3, -0.25) is 0 Å². The molecule has 0 aliphatic heterocycles. The maximum atomic E-state index is 9.74. The van der Waals surface area contributed by atoms with Crippen LogP contribution in [0.5, 0.6) is 0 Å². The molecule has 2 heteroatoms. The largest absolute Gasteiger partial charge is 0.389 e. The Bertz CT molecular complexity index is 423. The Morgan fingerprint density at radius 3 is 2.94 bits per heavy atom. The minimum atomic E-state index is -0.267. The van der Waals surface area contributed by atoms with Crippen molar-refractivity contribution in [3.05, 3.63) is 46.0 Å². The molecule has 1 atom stereocenters. The lowest BCUT2D eigenvalue weighted by molar-refractivity contribution is 0.211. The van der Waals surface area contributed by atoms with Gasteiger partial charge in [0.25, 0.3) is 0 Å². The number of aryl methyl sites for hydroxylation is 1. The molecule has 0 aromatic heterocycles. The highest BCUT2D eigenvalue weighted by atomic mass is 35.5. The van der Waals surface area contributed by atoms with E-state index in [-0.39, 0.29) is 6.10 Å². The molecule has 2 rings (SSSR count). The monoisotopic (exact) mass is 250 g/mol. The highest BCUT2D eigenvalue weighted by Crippen LogP contribution is 2.25. The van der Waals surface area contributed by atoms with Crippen molar-refractivity contribution in [2.45, 2.75) is 45.1 Å². The van der Waals surface area contributed by atoms with Crippen molar-refractivity contribution in [1.82, 2.24) is 0 Å². The Morgan fingerprint density at radius 1 is 1.35 bits per heavy atom. The summed E-state index contributed by atoms with van der Waals surface area (Å²) in [5.41, 5.74) is 3.67. The Balaban J connectivity index is 2.14. The summed E-state index contributed by atoms with van der Waals surface area (Å²) in [6.45, 7) is 2.05. The molecule has 0 saturated carbocycles. The topological polar surface area (TPSA) is 20.2 Å². The number of hydrogen-bond acceptors (Lipinski definition) is 1.